The molecule has 120 valence electrons. The maximum atomic E-state index is 12.3. The quantitative estimate of drug-likeness (QED) is 0.816. The van der Waals surface area contributed by atoms with Crippen LogP contribution in [0.3, 0.4) is 0 Å². The third-order valence-corrected chi connectivity index (χ3v) is 5.43. The predicted molar refractivity (Wildman–Crippen MR) is 92.8 cm³/mol. The second-order valence-electron chi connectivity index (χ2n) is 5.17. The average Bonchev–Trinajstić information content (AvgIpc) is 2.94. The van der Waals surface area contributed by atoms with E-state index in [4.69, 9.17) is 0 Å². The average molecular weight is 347 g/mol. The van der Waals surface area contributed by atoms with E-state index in [0.29, 0.717) is 0 Å². The first kappa shape index (κ1) is 16.0. The highest BCUT2D eigenvalue weighted by molar-refractivity contribution is 8.00. The third kappa shape index (κ3) is 3.92. The molecule has 2 heterocycles. The molecule has 0 fully saturated rings. The van der Waals surface area contributed by atoms with E-state index in [-0.39, 0.29) is 30.7 Å². The summed E-state index contributed by atoms with van der Waals surface area (Å²) >= 11 is 3.23. The van der Waals surface area contributed by atoms with Crippen LogP contribution in [0.5, 0.6) is 0 Å². The lowest BCUT2D eigenvalue weighted by Crippen LogP contribution is -2.35. The van der Waals surface area contributed by atoms with Crippen LogP contribution in [-0.2, 0) is 16.0 Å². The Bertz CT molecular complexity index is 730. The normalized spacial score (nSPS) is 16.6. The number of para-hydroxylation sites is 1. The molecule has 3 rings (SSSR count). The molecule has 1 unspecified atom stereocenters. The van der Waals surface area contributed by atoms with Gasteiger partial charge in [0.05, 0.1) is 24.6 Å². The van der Waals surface area contributed by atoms with Crippen molar-refractivity contribution in [3.05, 3.63) is 40.9 Å². The van der Waals surface area contributed by atoms with E-state index in [0.717, 1.165) is 27.0 Å². The molecule has 1 atom stereocenters. The number of nitrogens with one attached hydrogen (secondary N) is 2. The number of fused-ring (bicyclic) bond motifs is 1. The Morgan fingerprint density at radius 1 is 1.48 bits per heavy atom. The van der Waals surface area contributed by atoms with Gasteiger partial charge in [0.15, 0.2) is 0 Å². The van der Waals surface area contributed by atoms with Crippen molar-refractivity contribution < 1.29 is 9.59 Å². The summed E-state index contributed by atoms with van der Waals surface area (Å²) in [7, 11) is 0. The summed E-state index contributed by atoms with van der Waals surface area (Å²) < 4.78 is 0.984. The van der Waals surface area contributed by atoms with Crippen LogP contribution in [0.15, 0.2) is 34.0 Å². The summed E-state index contributed by atoms with van der Waals surface area (Å²) in [4.78, 5) is 28.5. The highest BCUT2D eigenvalue weighted by atomic mass is 32.2. The van der Waals surface area contributed by atoms with Gasteiger partial charge in [-0.15, -0.1) is 11.3 Å². The molecule has 0 saturated heterocycles. The van der Waals surface area contributed by atoms with Crippen LogP contribution in [0, 0.1) is 0 Å². The van der Waals surface area contributed by atoms with E-state index in [1.54, 1.807) is 23.1 Å². The number of nitrogens with zero attached hydrogens (tertiary/aromatic N) is 1. The molecule has 0 saturated carbocycles. The lowest BCUT2D eigenvalue weighted by molar-refractivity contribution is -0.122. The Kier molecular flexibility index (Phi) is 4.97. The Hall–Kier alpha value is -1.86. The van der Waals surface area contributed by atoms with Gasteiger partial charge in [-0.1, -0.05) is 36.9 Å². The molecular formula is C16H17N3O2S2. The Balaban J connectivity index is 1.66. The zero-order valence-corrected chi connectivity index (χ0v) is 14.3. The van der Waals surface area contributed by atoms with Gasteiger partial charge in [0.1, 0.15) is 4.34 Å². The summed E-state index contributed by atoms with van der Waals surface area (Å²) in [6.45, 7) is 2.07. The number of carbonyl (C=O) groups excluding carboxylic acids is 2. The molecular weight excluding hydrogens is 330 g/mol. The molecule has 2 N–H and O–H groups in total. The molecule has 1 aromatic carbocycles. The molecule has 0 spiro atoms. The Labute approximate surface area is 142 Å². The Morgan fingerprint density at radius 2 is 2.30 bits per heavy atom. The minimum absolute atomic E-state index is 0.0794. The molecule has 2 aromatic rings. The highest BCUT2D eigenvalue weighted by Gasteiger charge is 2.26. The molecule has 0 radical (unpaired) electrons. The zero-order valence-electron chi connectivity index (χ0n) is 12.7. The van der Waals surface area contributed by atoms with Gasteiger partial charge in [0.2, 0.25) is 11.8 Å². The van der Waals surface area contributed by atoms with E-state index in [2.05, 4.69) is 22.5 Å². The lowest BCUT2D eigenvalue weighted by atomic mass is 9.97. The minimum atomic E-state index is -0.282. The summed E-state index contributed by atoms with van der Waals surface area (Å²) in [6, 6.07) is 7.27. The van der Waals surface area contributed by atoms with Crippen LogP contribution < -0.4 is 10.6 Å². The van der Waals surface area contributed by atoms with Gasteiger partial charge in [-0.2, -0.15) is 0 Å². The SMILES string of the molecule is CCSc1nc(CC(=O)NC2CC(=O)Nc3ccccc32)cs1. The first-order chi connectivity index (χ1) is 11.2. The first-order valence-electron chi connectivity index (χ1n) is 7.41. The summed E-state index contributed by atoms with van der Waals surface area (Å²) in [5.74, 6) is 0.773. The lowest BCUT2D eigenvalue weighted by Gasteiger charge is -2.26. The molecule has 2 amide bonds. The fraction of sp³-hybridized carbons (Fsp3) is 0.312. The topological polar surface area (TPSA) is 71.1 Å². The van der Waals surface area contributed by atoms with Crippen molar-refractivity contribution in [2.24, 2.45) is 0 Å². The van der Waals surface area contributed by atoms with Crippen molar-refractivity contribution in [2.45, 2.75) is 30.1 Å². The van der Waals surface area contributed by atoms with Crippen molar-refractivity contribution in [3.63, 3.8) is 0 Å². The van der Waals surface area contributed by atoms with Gasteiger partial charge in [-0.25, -0.2) is 4.98 Å². The first-order valence-corrected chi connectivity index (χ1v) is 9.27. The van der Waals surface area contributed by atoms with Crippen LogP contribution >= 0.6 is 23.1 Å². The second-order valence-corrected chi connectivity index (χ2v) is 7.54. The summed E-state index contributed by atoms with van der Waals surface area (Å²) in [5, 5.41) is 7.70. The number of amides is 2. The van der Waals surface area contributed by atoms with Gasteiger partial charge in [0, 0.05) is 11.1 Å². The standard InChI is InChI=1S/C16H17N3O2S2/c1-2-22-16-17-10(9-23-16)7-14(20)19-13-8-15(21)18-12-6-4-3-5-11(12)13/h3-6,9,13H,2,7-8H2,1H3,(H,18,21)(H,19,20). The molecule has 7 heteroatoms. The smallest absolute Gasteiger partial charge is 0.226 e. The van der Waals surface area contributed by atoms with E-state index >= 15 is 0 Å². The molecule has 0 bridgehead atoms. The number of aromatic nitrogens is 1. The van der Waals surface area contributed by atoms with Crippen molar-refractivity contribution >= 4 is 40.6 Å². The number of thiazole rings is 1. The van der Waals surface area contributed by atoms with Crippen LogP contribution in [0.2, 0.25) is 0 Å². The molecule has 5 nitrogen and oxygen atoms in total. The monoisotopic (exact) mass is 347 g/mol. The fourth-order valence-electron chi connectivity index (χ4n) is 2.51. The largest absolute Gasteiger partial charge is 0.348 e. The number of benzene rings is 1. The molecule has 1 aliphatic heterocycles. The van der Waals surface area contributed by atoms with Gasteiger partial charge in [-0.05, 0) is 17.4 Å². The number of anilines is 1. The molecule has 1 aromatic heterocycles. The zero-order chi connectivity index (χ0) is 16.2. The number of hydrogen-bond acceptors (Lipinski definition) is 5. The van der Waals surface area contributed by atoms with Crippen LogP contribution in [0.4, 0.5) is 5.69 Å². The third-order valence-electron chi connectivity index (χ3n) is 3.48. The minimum Gasteiger partial charge on any atom is -0.348 e. The second kappa shape index (κ2) is 7.14. The van der Waals surface area contributed by atoms with E-state index in [1.165, 1.54) is 0 Å². The maximum Gasteiger partial charge on any atom is 0.226 e. The number of rotatable bonds is 5. The van der Waals surface area contributed by atoms with Gasteiger partial charge in [-0.3, -0.25) is 9.59 Å². The van der Waals surface area contributed by atoms with E-state index < -0.39 is 0 Å². The molecule has 0 aliphatic carbocycles. The van der Waals surface area contributed by atoms with Crippen LogP contribution in [0.25, 0.3) is 0 Å². The highest BCUT2D eigenvalue weighted by Crippen LogP contribution is 2.30. The van der Waals surface area contributed by atoms with Crippen molar-refractivity contribution in [1.29, 1.82) is 0 Å². The van der Waals surface area contributed by atoms with E-state index in [1.807, 2.05) is 29.6 Å². The van der Waals surface area contributed by atoms with Gasteiger partial charge < -0.3 is 10.6 Å². The molecule has 23 heavy (non-hydrogen) atoms. The van der Waals surface area contributed by atoms with Crippen molar-refractivity contribution in [2.75, 3.05) is 11.1 Å². The van der Waals surface area contributed by atoms with Crippen molar-refractivity contribution in [1.82, 2.24) is 10.3 Å². The van der Waals surface area contributed by atoms with Crippen LogP contribution in [0.1, 0.15) is 30.6 Å². The van der Waals surface area contributed by atoms with Gasteiger partial charge >= 0.3 is 0 Å². The Morgan fingerprint density at radius 3 is 3.13 bits per heavy atom. The van der Waals surface area contributed by atoms with Crippen molar-refractivity contribution in [3.8, 4) is 0 Å². The summed E-state index contributed by atoms with van der Waals surface area (Å²) in [5.41, 5.74) is 2.49. The van der Waals surface area contributed by atoms with Crippen LogP contribution in [-0.4, -0.2) is 22.6 Å². The van der Waals surface area contributed by atoms with Gasteiger partial charge in [0.25, 0.3) is 0 Å². The number of carbonyl (C=O) groups is 2. The molecule has 1 aliphatic rings. The number of thioether (sulfide) groups is 1. The summed E-state index contributed by atoms with van der Waals surface area (Å²) in [6.07, 6.45) is 0.498. The maximum absolute atomic E-state index is 12.3. The number of hydrogen-bond donors (Lipinski definition) is 2. The predicted octanol–water partition coefficient (Wildman–Crippen LogP) is 3.00. The van der Waals surface area contributed by atoms with E-state index in [9.17, 15) is 9.59 Å². The fourth-order valence-corrected chi connectivity index (χ4v) is 4.25.